The fourth-order valence-electron chi connectivity index (χ4n) is 5.03. The Balaban J connectivity index is 0.000000548. The van der Waals surface area contributed by atoms with Crippen LogP contribution in [0, 0.1) is 12.7 Å². The summed E-state index contributed by atoms with van der Waals surface area (Å²) in [5.74, 6) is 0.444. The molecule has 1 aliphatic heterocycles. The molecule has 1 aromatic heterocycles. The van der Waals surface area contributed by atoms with E-state index < -0.39 is 12.2 Å². The molecule has 0 radical (unpaired) electrons. The second kappa shape index (κ2) is 17.7. The van der Waals surface area contributed by atoms with E-state index in [1.165, 1.54) is 39.2 Å². The molecule has 1 aliphatic carbocycles. The normalized spacial score (nSPS) is 18.9. The van der Waals surface area contributed by atoms with Crippen molar-refractivity contribution in [3.63, 3.8) is 0 Å². The highest BCUT2D eigenvalue weighted by atomic mass is 19.4. The SMILES string of the molecule is C=C(OC)C1CC(c2ccc(C)cn2)N(C2CCCCC2)c2ccc(F)cc21.C=C=C.CC.CNC(C)C(F)(F)F. The molecule has 1 aromatic carbocycles. The van der Waals surface area contributed by atoms with Crippen LogP contribution in [0.5, 0.6) is 0 Å². The van der Waals surface area contributed by atoms with E-state index in [4.69, 9.17) is 9.72 Å². The van der Waals surface area contributed by atoms with Gasteiger partial charge in [0.2, 0.25) is 0 Å². The Labute approximate surface area is 244 Å². The number of allylic oxidation sites excluding steroid dienone is 1. The molecule has 0 amide bonds. The summed E-state index contributed by atoms with van der Waals surface area (Å²) < 4.78 is 53.8. The predicted octanol–water partition coefficient (Wildman–Crippen LogP) is 9.20. The number of hydrogen-bond donors (Lipinski definition) is 1. The van der Waals surface area contributed by atoms with Crippen LogP contribution in [0.1, 0.15) is 88.1 Å². The topological polar surface area (TPSA) is 37.4 Å². The van der Waals surface area contributed by atoms with Gasteiger partial charge in [-0.05, 0) is 75.5 Å². The van der Waals surface area contributed by atoms with Gasteiger partial charge in [-0.1, -0.05) is 58.9 Å². The van der Waals surface area contributed by atoms with Crippen molar-refractivity contribution in [1.82, 2.24) is 10.3 Å². The molecule has 3 atom stereocenters. The number of nitrogens with zero attached hydrogens (tertiary/aromatic N) is 2. The van der Waals surface area contributed by atoms with Crippen molar-refractivity contribution in [2.75, 3.05) is 19.1 Å². The number of aromatic nitrogens is 1. The lowest BCUT2D eigenvalue weighted by atomic mass is 9.80. The van der Waals surface area contributed by atoms with Crippen molar-refractivity contribution in [2.45, 2.75) is 96.4 Å². The zero-order valence-corrected chi connectivity index (χ0v) is 25.5. The molecule has 8 heteroatoms. The van der Waals surface area contributed by atoms with E-state index in [2.05, 4.69) is 54.7 Å². The third kappa shape index (κ3) is 10.4. The van der Waals surface area contributed by atoms with Crippen molar-refractivity contribution in [2.24, 2.45) is 0 Å². The fourth-order valence-corrected chi connectivity index (χ4v) is 5.03. The Morgan fingerprint density at radius 1 is 1.12 bits per heavy atom. The molecule has 2 heterocycles. The third-order valence-electron chi connectivity index (χ3n) is 7.26. The van der Waals surface area contributed by atoms with Gasteiger partial charge in [0.25, 0.3) is 0 Å². The van der Waals surface area contributed by atoms with Crippen LogP contribution in [-0.4, -0.2) is 37.4 Å². The van der Waals surface area contributed by atoms with Gasteiger partial charge in [-0.15, -0.1) is 5.73 Å². The van der Waals surface area contributed by atoms with Crippen molar-refractivity contribution < 1.29 is 22.3 Å². The van der Waals surface area contributed by atoms with E-state index in [0.29, 0.717) is 11.8 Å². The number of anilines is 1. The van der Waals surface area contributed by atoms with Gasteiger partial charge in [-0.2, -0.15) is 13.2 Å². The first-order chi connectivity index (χ1) is 19.5. The number of nitrogens with one attached hydrogen (secondary N) is 1. The molecular weight excluding hydrogens is 530 g/mol. The Morgan fingerprint density at radius 2 is 1.73 bits per heavy atom. The molecule has 1 saturated carbocycles. The van der Waals surface area contributed by atoms with Crippen molar-refractivity contribution >= 4 is 5.69 Å². The van der Waals surface area contributed by atoms with E-state index in [9.17, 15) is 17.6 Å². The zero-order valence-electron chi connectivity index (χ0n) is 25.5. The number of halogens is 4. The number of alkyl halides is 3. The number of hydrogen-bond acceptors (Lipinski definition) is 4. The maximum atomic E-state index is 14.2. The van der Waals surface area contributed by atoms with Gasteiger partial charge < -0.3 is 15.0 Å². The predicted molar refractivity (Wildman–Crippen MR) is 162 cm³/mol. The number of aryl methyl sites for hydroxylation is 1. The number of ether oxygens (including phenoxy) is 1. The maximum absolute atomic E-state index is 14.2. The van der Waals surface area contributed by atoms with Gasteiger partial charge in [0.15, 0.2) is 0 Å². The van der Waals surface area contributed by atoms with Crippen LogP contribution in [0.4, 0.5) is 23.2 Å². The largest absolute Gasteiger partial charge is 0.501 e. The molecule has 2 aliphatic rings. The summed E-state index contributed by atoms with van der Waals surface area (Å²) >= 11 is 0. The number of rotatable bonds is 5. The standard InChI is InChI=1S/C24H29FN2O.C4H8F3N.C3H4.C2H6/c1-16-9-11-22(26-15-16)24-14-20(17(2)28-3)21-13-18(25)10-12-23(21)27(24)19-7-5-4-6-8-19;1-3(8-2)4(5,6)7;1-3-2;1-2/h9-13,15,19-20,24H,2,4-8,14H2,1,3H3;3,8H,1-2H3;1-2H2;1-2H3. The first-order valence-electron chi connectivity index (χ1n) is 14.2. The highest BCUT2D eigenvalue weighted by Gasteiger charge is 2.39. The second-order valence-electron chi connectivity index (χ2n) is 9.94. The molecule has 228 valence electrons. The summed E-state index contributed by atoms with van der Waals surface area (Å²) in [4.78, 5) is 7.29. The zero-order chi connectivity index (χ0) is 31.2. The third-order valence-corrected chi connectivity index (χ3v) is 7.26. The van der Waals surface area contributed by atoms with E-state index in [0.717, 1.165) is 35.9 Å². The van der Waals surface area contributed by atoms with Gasteiger partial charge >= 0.3 is 6.18 Å². The van der Waals surface area contributed by atoms with Crippen LogP contribution in [0.15, 0.2) is 67.8 Å². The molecule has 4 nitrogen and oxygen atoms in total. The van der Waals surface area contributed by atoms with E-state index in [-0.39, 0.29) is 17.8 Å². The number of methoxy groups -OCH3 is 1. The van der Waals surface area contributed by atoms with E-state index >= 15 is 0 Å². The molecule has 4 rings (SSSR count). The lowest BCUT2D eigenvalue weighted by Crippen LogP contribution is -2.44. The van der Waals surface area contributed by atoms with Crippen molar-refractivity contribution in [1.29, 1.82) is 0 Å². The minimum Gasteiger partial charge on any atom is -0.501 e. The minimum atomic E-state index is -4.10. The fraction of sp³-hybridized carbons (Fsp3) is 0.515. The summed E-state index contributed by atoms with van der Waals surface area (Å²) in [6.45, 7) is 17.5. The summed E-state index contributed by atoms with van der Waals surface area (Å²) in [5, 5.41) is 2.08. The number of fused-ring (bicyclic) bond motifs is 1. The molecule has 2 aromatic rings. The van der Waals surface area contributed by atoms with Gasteiger partial charge in [0.1, 0.15) is 11.9 Å². The van der Waals surface area contributed by atoms with Crippen LogP contribution >= 0.6 is 0 Å². The Hall–Kier alpha value is -3.09. The Bertz CT molecular complexity index is 1090. The average molecular weight is 578 g/mol. The second-order valence-corrected chi connectivity index (χ2v) is 9.94. The molecular formula is C33H47F4N3O. The quantitative estimate of drug-likeness (QED) is 0.218. The molecule has 3 unspecified atom stereocenters. The maximum Gasteiger partial charge on any atom is 0.403 e. The average Bonchev–Trinajstić information content (AvgIpc) is 2.97. The number of benzene rings is 1. The molecule has 1 N–H and O–H groups in total. The minimum absolute atomic E-state index is 0.0383. The summed E-state index contributed by atoms with van der Waals surface area (Å²) in [6, 6.07) is 8.64. The molecule has 0 saturated heterocycles. The van der Waals surface area contributed by atoms with Gasteiger partial charge in [-0.25, -0.2) is 4.39 Å². The van der Waals surface area contributed by atoms with Crippen LogP contribution < -0.4 is 10.2 Å². The van der Waals surface area contributed by atoms with Gasteiger partial charge in [-0.3, -0.25) is 4.98 Å². The molecule has 0 spiro atoms. The lowest BCUT2D eigenvalue weighted by molar-refractivity contribution is -0.150. The number of pyridine rings is 1. The smallest absolute Gasteiger partial charge is 0.403 e. The van der Waals surface area contributed by atoms with E-state index in [1.54, 1.807) is 19.2 Å². The summed E-state index contributed by atoms with van der Waals surface area (Å²) in [5.41, 5.74) is 6.57. The summed E-state index contributed by atoms with van der Waals surface area (Å²) in [6.07, 6.45) is 4.79. The molecule has 1 fully saturated rings. The van der Waals surface area contributed by atoms with Crippen LogP contribution in [-0.2, 0) is 4.74 Å². The highest BCUT2D eigenvalue weighted by molar-refractivity contribution is 5.61. The van der Waals surface area contributed by atoms with Crippen molar-refractivity contribution in [3.8, 4) is 0 Å². The van der Waals surface area contributed by atoms with E-state index in [1.807, 2.05) is 26.1 Å². The first-order valence-corrected chi connectivity index (χ1v) is 14.2. The van der Waals surface area contributed by atoms with Crippen molar-refractivity contribution in [3.05, 3.63) is 90.4 Å². The first kappa shape index (κ1) is 35.9. The van der Waals surface area contributed by atoms with Crippen LogP contribution in [0.3, 0.4) is 0 Å². The summed E-state index contributed by atoms with van der Waals surface area (Å²) in [7, 11) is 2.92. The Morgan fingerprint density at radius 3 is 2.20 bits per heavy atom. The highest BCUT2D eigenvalue weighted by Crippen LogP contribution is 2.49. The van der Waals surface area contributed by atoms with Crippen LogP contribution in [0.25, 0.3) is 0 Å². The van der Waals surface area contributed by atoms with Gasteiger partial charge in [0.05, 0.1) is 24.6 Å². The Kier molecular flexibility index (Phi) is 15.5. The lowest BCUT2D eigenvalue weighted by Gasteiger charge is -2.47. The van der Waals surface area contributed by atoms with Crippen LogP contribution in [0.2, 0.25) is 0 Å². The molecule has 41 heavy (non-hydrogen) atoms. The molecule has 0 bridgehead atoms. The monoisotopic (exact) mass is 577 g/mol. The van der Waals surface area contributed by atoms with Gasteiger partial charge in [0, 0.05) is 23.8 Å².